The van der Waals surface area contributed by atoms with Gasteiger partial charge >= 0.3 is 11.9 Å². The maximum Gasteiger partial charge on any atom is 0.338 e. The lowest BCUT2D eigenvalue weighted by Crippen LogP contribution is -2.51. The van der Waals surface area contributed by atoms with Gasteiger partial charge in [-0.25, -0.2) is 9.59 Å². The molecule has 0 radical (unpaired) electrons. The van der Waals surface area contributed by atoms with Crippen LogP contribution in [0.3, 0.4) is 0 Å². The highest BCUT2D eigenvalue weighted by atomic mass is 16.6. The third-order valence-corrected chi connectivity index (χ3v) is 4.39. The van der Waals surface area contributed by atoms with Gasteiger partial charge < -0.3 is 24.8 Å². The van der Waals surface area contributed by atoms with Crippen LogP contribution in [0.15, 0.2) is 72.3 Å². The summed E-state index contributed by atoms with van der Waals surface area (Å²) in [5, 5.41) is 30.8. The minimum absolute atomic E-state index is 0.122. The second-order valence-corrected chi connectivity index (χ2v) is 6.35. The predicted molar refractivity (Wildman–Crippen MR) is 98.5 cm³/mol. The summed E-state index contributed by atoms with van der Waals surface area (Å²) in [5.74, 6) is -1.33. The number of hydrogen-bond donors (Lipinski definition) is 3. The number of benzene rings is 2. The number of hydrogen-bond acceptors (Lipinski definition) is 7. The lowest BCUT2D eigenvalue weighted by molar-refractivity contribution is -0.103. The molecule has 146 valence electrons. The van der Waals surface area contributed by atoms with E-state index in [0.29, 0.717) is 5.56 Å². The highest BCUT2D eigenvalue weighted by Gasteiger charge is 2.40. The third-order valence-electron chi connectivity index (χ3n) is 4.39. The Labute approximate surface area is 161 Å². The molecule has 7 heteroatoms. The van der Waals surface area contributed by atoms with Crippen LogP contribution in [0.5, 0.6) is 0 Å². The van der Waals surface area contributed by atoms with Gasteiger partial charge in [-0.05, 0) is 35.9 Å². The molecule has 7 nitrogen and oxygen atoms in total. The molecule has 4 atom stereocenters. The number of aliphatic hydroxyl groups is 3. The Bertz CT molecular complexity index is 848. The summed E-state index contributed by atoms with van der Waals surface area (Å²) in [6.45, 7) is -0.317. The quantitative estimate of drug-likeness (QED) is 0.522. The Hall–Kier alpha value is -3.00. The molecule has 0 saturated carbocycles. The van der Waals surface area contributed by atoms with Gasteiger partial charge in [0.25, 0.3) is 0 Å². The lowest BCUT2D eigenvalue weighted by atomic mass is 9.89. The van der Waals surface area contributed by atoms with Crippen molar-refractivity contribution in [3.8, 4) is 0 Å². The molecule has 1 aliphatic rings. The standard InChI is InChI=1S/C21H20O7/c22-16-11-15(12-27-20(25)13-7-3-1-4-8-13)17(23)18(24)19(16)28-21(26)14-9-5-2-6-10-14/h1-11,16-19,22-24H,12H2/t16-,17-,18+,19+/m1/s1. The molecule has 2 aromatic rings. The van der Waals surface area contributed by atoms with Crippen LogP contribution in [0, 0.1) is 0 Å². The molecular weight excluding hydrogens is 364 g/mol. The van der Waals surface area contributed by atoms with E-state index in [2.05, 4.69) is 0 Å². The third kappa shape index (κ3) is 4.45. The van der Waals surface area contributed by atoms with Gasteiger partial charge in [0.1, 0.15) is 24.9 Å². The van der Waals surface area contributed by atoms with Crippen molar-refractivity contribution < 1.29 is 34.4 Å². The molecular formula is C21H20O7. The number of rotatable bonds is 5. The fourth-order valence-electron chi connectivity index (χ4n) is 2.86. The number of ether oxygens (including phenoxy) is 2. The molecule has 0 spiro atoms. The van der Waals surface area contributed by atoms with Gasteiger partial charge in [-0.2, -0.15) is 0 Å². The van der Waals surface area contributed by atoms with E-state index in [1.807, 2.05) is 0 Å². The monoisotopic (exact) mass is 384 g/mol. The molecule has 0 aliphatic heterocycles. The normalized spacial score (nSPS) is 24.2. The maximum absolute atomic E-state index is 12.1. The highest BCUT2D eigenvalue weighted by Crippen LogP contribution is 2.24. The first-order valence-electron chi connectivity index (χ1n) is 8.70. The van der Waals surface area contributed by atoms with Crippen molar-refractivity contribution in [3.63, 3.8) is 0 Å². The molecule has 0 fully saturated rings. The lowest BCUT2D eigenvalue weighted by Gasteiger charge is -2.34. The van der Waals surface area contributed by atoms with Gasteiger partial charge in [0.15, 0.2) is 6.10 Å². The Morgan fingerprint density at radius 1 is 0.821 bits per heavy atom. The molecule has 3 N–H and O–H groups in total. The van der Waals surface area contributed by atoms with Crippen LogP contribution in [-0.4, -0.2) is 58.3 Å². The van der Waals surface area contributed by atoms with Crippen LogP contribution >= 0.6 is 0 Å². The van der Waals surface area contributed by atoms with Gasteiger partial charge in [-0.15, -0.1) is 0 Å². The summed E-state index contributed by atoms with van der Waals surface area (Å²) in [6.07, 6.45) is -4.52. The van der Waals surface area contributed by atoms with E-state index in [0.717, 1.165) is 0 Å². The van der Waals surface area contributed by atoms with E-state index >= 15 is 0 Å². The molecule has 3 rings (SSSR count). The van der Waals surface area contributed by atoms with Crippen LogP contribution in [0.4, 0.5) is 0 Å². The van der Waals surface area contributed by atoms with E-state index < -0.39 is 36.4 Å². The van der Waals surface area contributed by atoms with E-state index in [4.69, 9.17) is 9.47 Å². The van der Waals surface area contributed by atoms with Crippen molar-refractivity contribution in [1.29, 1.82) is 0 Å². The predicted octanol–water partition coefficient (Wildman–Crippen LogP) is 1.09. The topological polar surface area (TPSA) is 113 Å². The van der Waals surface area contributed by atoms with Crippen molar-refractivity contribution >= 4 is 11.9 Å². The molecule has 2 aromatic carbocycles. The van der Waals surface area contributed by atoms with Crippen molar-refractivity contribution in [2.24, 2.45) is 0 Å². The van der Waals surface area contributed by atoms with Gasteiger partial charge in [0.2, 0.25) is 0 Å². The molecule has 0 bridgehead atoms. The first kappa shape index (κ1) is 19.8. The van der Waals surface area contributed by atoms with Gasteiger partial charge in [0, 0.05) is 0 Å². The van der Waals surface area contributed by atoms with E-state index in [1.165, 1.54) is 18.2 Å². The second kappa shape index (κ2) is 8.79. The molecule has 0 saturated heterocycles. The SMILES string of the molecule is O=C(OCC1=C[C@@H](O)[C@H](OC(=O)c2ccccc2)[C@@H](O)[C@@H]1O)c1ccccc1. The summed E-state index contributed by atoms with van der Waals surface area (Å²) < 4.78 is 10.3. The van der Waals surface area contributed by atoms with E-state index in [-0.39, 0.29) is 17.7 Å². The molecule has 0 amide bonds. The number of carbonyl (C=O) groups is 2. The van der Waals surface area contributed by atoms with Crippen molar-refractivity contribution in [2.75, 3.05) is 6.61 Å². The molecule has 0 unspecified atom stereocenters. The Morgan fingerprint density at radius 2 is 1.36 bits per heavy atom. The minimum Gasteiger partial charge on any atom is -0.457 e. The zero-order valence-electron chi connectivity index (χ0n) is 14.8. The van der Waals surface area contributed by atoms with Gasteiger partial charge in [0.05, 0.1) is 11.1 Å². The number of esters is 2. The summed E-state index contributed by atoms with van der Waals surface area (Å²) in [7, 11) is 0. The zero-order valence-corrected chi connectivity index (χ0v) is 14.8. The fourth-order valence-corrected chi connectivity index (χ4v) is 2.86. The van der Waals surface area contributed by atoms with Crippen molar-refractivity contribution in [3.05, 3.63) is 83.4 Å². The largest absolute Gasteiger partial charge is 0.457 e. The highest BCUT2D eigenvalue weighted by molar-refractivity contribution is 5.90. The molecule has 28 heavy (non-hydrogen) atoms. The summed E-state index contributed by atoms with van der Waals surface area (Å²) in [5.41, 5.74) is 0.711. The average molecular weight is 384 g/mol. The summed E-state index contributed by atoms with van der Waals surface area (Å²) >= 11 is 0. The molecule has 0 aromatic heterocycles. The van der Waals surface area contributed by atoms with Crippen LogP contribution in [0.25, 0.3) is 0 Å². The van der Waals surface area contributed by atoms with Crippen LogP contribution < -0.4 is 0 Å². The first-order valence-corrected chi connectivity index (χ1v) is 8.70. The van der Waals surface area contributed by atoms with Crippen molar-refractivity contribution in [1.82, 2.24) is 0 Å². The first-order chi connectivity index (χ1) is 13.5. The average Bonchev–Trinajstić information content (AvgIpc) is 2.73. The Kier molecular flexibility index (Phi) is 6.20. The molecule has 1 aliphatic carbocycles. The van der Waals surface area contributed by atoms with Crippen molar-refractivity contribution in [2.45, 2.75) is 24.4 Å². The van der Waals surface area contributed by atoms with Gasteiger partial charge in [-0.3, -0.25) is 0 Å². The number of carbonyl (C=O) groups excluding carboxylic acids is 2. The summed E-state index contributed by atoms with van der Waals surface area (Å²) in [4.78, 5) is 24.1. The smallest absolute Gasteiger partial charge is 0.338 e. The van der Waals surface area contributed by atoms with Gasteiger partial charge in [-0.1, -0.05) is 36.4 Å². The summed E-state index contributed by atoms with van der Waals surface area (Å²) in [6, 6.07) is 16.4. The Morgan fingerprint density at radius 3 is 1.93 bits per heavy atom. The minimum atomic E-state index is -1.57. The van der Waals surface area contributed by atoms with Crippen LogP contribution in [-0.2, 0) is 9.47 Å². The van der Waals surface area contributed by atoms with Crippen LogP contribution in [0.1, 0.15) is 20.7 Å². The molecule has 0 heterocycles. The van der Waals surface area contributed by atoms with Crippen LogP contribution in [0.2, 0.25) is 0 Å². The number of aliphatic hydroxyl groups excluding tert-OH is 3. The van der Waals surface area contributed by atoms with E-state index in [9.17, 15) is 24.9 Å². The Balaban J connectivity index is 1.65. The second-order valence-electron chi connectivity index (χ2n) is 6.35. The zero-order chi connectivity index (χ0) is 20.1. The fraction of sp³-hybridized carbons (Fsp3) is 0.238. The maximum atomic E-state index is 12.1. The van der Waals surface area contributed by atoms with E-state index in [1.54, 1.807) is 48.5 Å².